The Labute approximate surface area is 233 Å². The van der Waals surface area contributed by atoms with Crippen LogP contribution in [0, 0.1) is 17.8 Å². The van der Waals surface area contributed by atoms with Crippen LogP contribution in [-0.2, 0) is 14.1 Å². The maximum atomic E-state index is 14.0. The summed E-state index contributed by atoms with van der Waals surface area (Å²) in [7, 11) is -2.59. The summed E-state index contributed by atoms with van der Waals surface area (Å²) in [5.74, 6) is 1.69. The summed E-state index contributed by atoms with van der Waals surface area (Å²) in [6.45, 7) is 3.97. The lowest BCUT2D eigenvalue weighted by atomic mass is 9.85. The minimum Gasteiger partial charge on any atom is -0.388 e. The first kappa shape index (κ1) is 28.8. The smallest absolute Gasteiger partial charge is 0.388 e. The first-order valence-electron chi connectivity index (χ1n) is 12.7. The fourth-order valence-corrected chi connectivity index (χ4v) is 4.85. The first-order chi connectivity index (χ1) is 19.2. The van der Waals surface area contributed by atoms with Crippen LogP contribution in [-0.4, -0.2) is 33.2 Å². The molecule has 0 radical (unpaired) electrons. The topological polar surface area (TPSA) is 96.7 Å². The molecule has 6 nitrogen and oxygen atoms in total. The van der Waals surface area contributed by atoms with Crippen molar-refractivity contribution in [2.75, 3.05) is 6.16 Å². The van der Waals surface area contributed by atoms with E-state index >= 15 is 0 Å². The van der Waals surface area contributed by atoms with Crippen molar-refractivity contribution in [2.45, 2.75) is 32.3 Å². The fraction of sp³-hybridized carbons (Fsp3) is 0.188. The van der Waals surface area contributed by atoms with E-state index in [-0.39, 0.29) is 11.7 Å². The quantitative estimate of drug-likeness (QED) is 0.143. The predicted molar refractivity (Wildman–Crippen MR) is 153 cm³/mol. The van der Waals surface area contributed by atoms with Crippen LogP contribution in [0.25, 0.3) is 33.5 Å². The Morgan fingerprint density at radius 1 is 0.925 bits per heavy atom. The molecule has 0 spiro atoms. The van der Waals surface area contributed by atoms with Crippen LogP contribution in [0.5, 0.6) is 0 Å². The number of aliphatic hydroxyl groups excluding tert-OH is 1. The van der Waals surface area contributed by atoms with Crippen molar-refractivity contribution >= 4 is 14.0 Å². The molecule has 0 aliphatic carbocycles. The number of pyridine rings is 1. The van der Waals surface area contributed by atoms with Gasteiger partial charge in [-0.3, -0.25) is 9.78 Å². The molecule has 0 bridgehead atoms. The number of aromatic nitrogens is 1. The minimum atomic E-state index is -2.59. The summed E-state index contributed by atoms with van der Waals surface area (Å²) < 4.78 is 30.0. The second-order valence-corrected chi connectivity index (χ2v) is 10.5. The largest absolute Gasteiger partial charge is 0.508 e. The Kier molecular flexibility index (Phi) is 9.52. The van der Waals surface area contributed by atoms with E-state index in [1.807, 2.05) is 74.5 Å². The molecule has 0 fully saturated rings. The number of hydrogen-bond donors (Lipinski definition) is 2. The molecular formula is C32H28FNO5P+. The van der Waals surface area contributed by atoms with E-state index in [1.165, 1.54) is 12.1 Å². The van der Waals surface area contributed by atoms with Gasteiger partial charge < -0.3 is 9.84 Å². The molecular weight excluding hydrogens is 528 g/mol. The van der Waals surface area contributed by atoms with Gasteiger partial charge in [-0.1, -0.05) is 86.6 Å². The lowest BCUT2D eigenvalue weighted by molar-refractivity contribution is -0.138. The van der Waals surface area contributed by atoms with E-state index in [4.69, 9.17) is 14.6 Å². The number of rotatable bonds is 8. The monoisotopic (exact) mass is 556 g/mol. The van der Waals surface area contributed by atoms with Crippen LogP contribution in [0.15, 0.2) is 84.9 Å². The highest BCUT2D eigenvalue weighted by Crippen LogP contribution is 2.43. The molecule has 8 heteroatoms. The van der Waals surface area contributed by atoms with Crippen molar-refractivity contribution < 1.29 is 28.5 Å². The Morgan fingerprint density at radius 2 is 1.50 bits per heavy atom. The SMILES string of the molecule is CC(C)c1nc(-c2ccccc2)c(-c2ccccc2)c(-c2ccc(F)cc2)c1C#COC(=O)CC(O)C[P+](=O)O. The molecule has 0 aliphatic rings. The zero-order chi connectivity index (χ0) is 28.6. The molecule has 0 aliphatic heterocycles. The van der Waals surface area contributed by atoms with E-state index in [9.17, 15) is 18.9 Å². The maximum absolute atomic E-state index is 14.0. The van der Waals surface area contributed by atoms with E-state index in [0.29, 0.717) is 22.4 Å². The van der Waals surface area contributed by atoms with E-state index in [1.54, 1.807) is 12.1 Å². The number of carbonyl (C=O) groups excluding carboxylic acids is 1. The second kappa shape index (κ2) is 13.2. The third-order valence-corrected chi connectivity index (χ3v) is 6.86. The van der Waals surface area contributed by atoms with E-state index < -0.39 is 32.7 Å². The molecule has 202 valence electrons. The summed E-state index contributed by atoms with van der Waals surface area (Å²) >= 11 is 0. The molecule has 0 amide bonds. The average Bonchev–Trinajstić information content (AvgIpc) is 2.93. The molecule has 1 aromatic heterocycles. The molecule has 0 saturated heterocycles. The summed E-state index contributed by atoms with van der Waals surface area (Å²) in [5, 5.41) is 9.81. The molecule has 2 atom stereocenters. The number of esters is 1. The van der Waals surface area contributed by atoms with Crippen molar-refractivity contribution in [1.29, 1.82) is 0 Å². The summed E-state index contributed by atoms with van der Waals surface area (Å²) in [4.78, 5) is 26.3. The van der Waals surface area contributed by atoms with Gasteiger partial charge in [-0.25, -0.2) is 4.39 Å². The minimum absolute atomic E-state index is 0.0748. The van der Waals surface area contributed by atoms with Gasteiger partial charge in [0.2, 0.25) is 6.16 Å². The molecule has 2 N–H and O–H groups in total. The maximum Gasteiger partial charge on any atom is 0.508 e. The average molecular weight is 557 g/mol. The summed E-state index contributed by atoms with van der Waals surface area (Å²) in [5.41, 5.74) is 5.91. The van der Waals surface area contributed by atoms with Gasteiger partial charge in [-0.05, 0) is 39.7 Å². The Morgan fingerprint density at radius 3 is 2.08 bits per heavy atom. The lowest BCUT2D eigenvalue weighted by Gasteiger charge is -2.21. The summed E-state index contributed by atoms with van der Waals surface area (Å²) in [6, 6.07) is 25.6. The number of aliphatic hydroxyl groups is 1. The van der Waals surface area contributed by atoms with Crippen LogP contribution in [0.4, 0.5) is 4.39 Å². The fourth-order valence-electron chi connectivity index (χ4n) is 4.36. The molecule has 2 unspecified atom stereocenters. The van der Waals surface area contributed by atoms with Crippen molar-refractivity contribution in [3.63, 3.8) is 0 Å². The number of carbonyl (C=O) groups is 1. The molecule has 4 aromatic rings. The molecule has 0 saturated carbocycles. The van der Waals surface area contributed by atoms with Gasteiger partial charge in [0, 0.05) is 16.7 Å². The van der Waals surface area contributed by atoms with Crippen molar-refractivity contribution in [1.82, 2.24) is 4.98 Å². The predicted octanol–water partition coefficient (Wildman–Crippen LogP) is 6.68. The lowest BCUT2D eigenvalue weighted by Crippen LogP contribution is -2.16. The molecule has 1 heterocycles. The Bertz CT molecular complexity index is 1560. The Hall–Kier alpha value is -4.21. The normalized spacial score (nSPS) is 11.9. The number of halogens is 1. The van der Waals surface area contributed by atoms with Crippen molar-refractivity contribution in [3.05, 3.63) is 102 Å². The third-order valence-electron chi connectivity index (χ3n) is 6.12. The number of ether oxygens (including phenoxy) is 1. The number of benzene rings is 3. The zero-order valence-electron chi connectivity index (χ0n) is 22.0. The van der Waals surface area contributed by atoms with Crippen molar-refractivity contribution in [2.24, 2.45) is 0 Å². The molecule has 3 aromatic carbocycles. The van der Waals surface area contributed by atoms with E-state index in [0.717, 1.165) is 22.4 Å². The van der Waals surface area contributed by atoms with Gasteiger partial charge in [-0.2, -0.15) is 4.89 Å². The van der Waals surface area contributed by atoms with Crippen LogP contribution >= 0.6 is 8.03 Å². The van der Waals surface area contributed by atoms with Crippen LogP contribution in [0.3, 0.4) is 0 Å². The van der Waals surface area contributed by atoms with Crippen LogP contribution < -0.4 is 0 Å². The number of hydrogen-bond acceptors (Lipinski definition) is 5. The van der Waals surface area contributed by atoms with Crippen LogP contribution in [0.1, 0.15) is 37.4 Å². The highest BCUT2D eigenvalue weighted by atomic mass is 31.1. The highest BCUT2D eigenvalue weighted by Gasteiger charge is 2.25. The van der Waals surface area contributed by atoms with Gasteiger partial charge in [0.15, 0.2) is 0 Å². The first-order valence-corrected chi connectivity index (χ1v) is 14.1. The molecule has 4 rings (SSSR count). The number of nitrogens with zero attached hydrogens (tertiary/aromatic N) is 1. The van der Waals surface area contributed by atoms with E-state index in [2.05, 4.69) is 12.0 Å². The standard InChI is InChI=1S/C32H27FNO5P/c1-21(2)31-27(17-18-39-28(36)19-26(35)20-40(37)38)29(23-13-15-25(33)16-14-23)30(22-9-5-3-6-10-22)32(34-31)24-11-7-4-8-12-24/h3-16,21,26,35H,19-20H2,1-2H3/p+1. The van der Waals surface area contributed by atoms with Gasteiger partial charge in [0.05, 0.1) is 23.4 Å². The van der Waals surface area contributed by atoms with Crippen LogP contribution in [0.2, 0.25) is 0 Å². The van der Waals surface area contributed by atoms with Gasteiger partial charge >= 0.3 is 14.0 Å². The Balaban J connectivity index is 1.96. The summed E-state index contributed by atoms with van der Waals surface area (Å²) in [6.07, 6.45) is 0.227. The van der Waals surface area contributed by atoms with Gasteiger partial charge in [0.25, 0.3) is 0 Å². The van der Waals surface area contributed by atoms with Crippen molar-refractivity contribution in [3.8, 4) is 45.5 Å². The highest BCUT2D eigenvalue weighted by molar-refractivity contribution is 7.38. The third kappa shape index (κ3) is 7.05. The van der Waals surface area contributed by atoms with Gasteiger partial charge in [-0.15, -0.1) is 0 Å². The molecule has 40 heavy (non-hydrogen) atoms. The van der Waals surface area contributed by atoms with Gasteiger partial charge in [0.1, 0.15) is 18.0 Å². The second-order valence-electron chi connectivity index (χ2n) is 9.46. The zero-order valence-corrected chi connectivity index (χ0v) is 22.9.